The molecule has 3 aromatic rings. The monoisotopic (exact) mass is 519 g/mol. The summed E-state index contributed by atoms with van der Waals surface area (Å²) >= 11 is 0. The first kappa shape index (κ1) is 26.6. The Morgan fingerprint density at radius 1 is 0.946 bits per heavy atom. The van der Waals surface area contributed by atoms with E-state index in [0.717, 1.165) is 11.1 Å². The van der Waals surface area contributed by atoms with Gasteiger partial charge in [0.25, 0.3) is 0 Å². The van der Waals surface area contributed by atoms with E-state index >= 15 is 0 Å². The van der Waals surface area contributed by atoms with Crippen molar-refractivity contribution in [1.82, 2.24) is 4.31 Å². The highest BCUT2D eigenvalue weighted by atomic mass is 32.2. The number of nitrogens with zero attached hydrogens (tertiary/aromatic N) is 1. The molecule has 0 amide bonds. The van der Waals surface area contributed by atoms with Gasteiger partial charge in [0.2, 0.25) is 10.0 Å². The van der Waals surface area contributed by atoms with Crippen molar-refractivity contribution >= 4 is 16.0 Å². The zero-order valence-electron chi connectivity index (χ0n) is 21.8. The topological polar surface area (TPSA) is 83.9 Å². The highest BCUT2D eigenvalue weighted by Crippen LogP contribution is 2.46. The number of ether oxygens (including phenoxy) is 1. The summed E-state index contributed by atoms with van der Waals surface area (Å²) in [6.45, 7) is 8.04. The van der Waals surface area contributed by atoms with Gasteiger partial charge in [0.1, 0.15) is 5.75 Å². The lowest BCUT2D eigenvalue weighted by Crippen LogP contribution is -2.42. The minimum absolute atomic E-state index is 0.0467. The Bertz CT molecular complexity index is 1420. The molecule has 2 atom stereocenters. The predicted octanol–water partition coefficient (Wildman–Crippen LogP) is 6.19. The quantitative estimate of drug-likeness (QED) is 0.420. The van der Waals surface area contributed by atoms with E-state index in [0.29, 0.717) is 16.9 Å². The molecule has 1 aliphatic rings. The lowest BCUT2D eigenvalue weighted by atomic mass is 9.84. The molecule has 0 spiro atoms. The van der Waals surface area contributed by atoms with Crippen molar-refractivity contribution in [2.24, 2.45) is 0 Å². The van der Waals surface area contributed by atoms with Crippen LogP contribution in [0.3, 0.4) is 0 Å². The van der Waals surface area contributed by atoms with Crippen LogP contribution in [0.15, 0.2) is 89.3 Å². The molecule has 0 saturated carbocycles. The summed E-state index contributed by atoms with van der Waals surface area (Å²) in [4.78, 5) is 12.6. The summed E-state index contributed by atoms with van der Waals surface area (Å²) in [5.74, 6) is -0.480. The standard InChI is InChI=1S/C30H33NO5S/c1-20-8-6-7-9-27(20)37(34,35)31-26(21-12-16-24(36-5)17-13-21)19-18-25(29(32)33)28(31)22-10-14-23(15-11-22)30(2,3)4/h6-18,26,28H,19H2,1-5H3,(H,32,33)/t26-,28-/m0/s1. The molecule has 0 aliphatic carbocycles. The number of carboxylic acid groups (broad SMARTS) is 1. The van der Waals surface area contributed by atoms with Crippen LogP contribution in [0.4, 0.5) is 0 Å². The smallest absolute Gasteiger partial charge is 0.333 e. The lowest BCUT2D eigenvalue weighted by molar-refractivity contribution is -0.133. The van der Waals surface area contributed by atoms with Gasteiger partial charge in [-0.1, -0.05) is 81.4 Å². The van der Waals surface area contributed by atoms with Gasteiger partial charge in [0.15, 0.2) is 0 Å². The van der Waals surface area contributed by atoms with Crippen molar-refractivity contribution in [2.75, 3.05) is 7.11 Å². The zero-order valence-corrected chi connectivity index (χ0v) is 22.6. The number of methoxy groups -OCH3 is 1. The first-order valence-electron chi connectivity index (χ1n) is 12.2. The van der Waals surface area contributed by atoms with Crippen LogP contribution >= 0.6 is 0 Å². The Kier molecular flexibility index (Phi) is 7.31. The molecule has 0 fully saturated rings. The Hall–Kier alpha value is -3.42. The van der Waals surface area contributed by atoms with Crippen molar-refractivity contribution in [2.45, 2.75) is 56.5 Å². The molecular formula is C30H33NO5S. The molecule has 0 bridgehead atoms. The number of hydrogen-bond acceptors (Lipinski definition) is 4. The summed E-state index contributed by atoms with van der Waals surface area (Å²) < 4.78 is 35.4. The molecule has 194 valence electrons. The van der Waals surface area contributed by atoms with Crippen LogP contribution in [-0.2, 0) is 20.2 Å². The summed E-state index contributed by atoms with van der Waals surface area (Å²) in [5, 5.41) is 10.2. The normalized spacial score (nSPS) is 18.8. The van der Waals surface area contributed by atoms with E-state index in [1.165, 1.54) is 4.31 Å². The molecule has 7 heteroatoms. The lowest BCUT2D eigenvalue weighted by Gasteiger charge is -2.41. The second kappa shape index (κ2) is 10.1. The fourth-order valence-corrected chi connectivity index (χ4v) is 6.85. The first-order valence-corrected chi connectivity index (χ1v) is 13.7. The number of carbonyl (C=O) groups is 1. The van der Waals surface area contributed by atoms with Crippen molar-refractivity contribution in [3.05, 3.63) is 107 Å². The Labute approximate surface area is 219 Å². The number of aryl methyl sites for hydroxylation is 1. The molecule has 0 aromatic heterocycles. The summed E-state index contributed by atoms with van der Waals surface area (Å²) in [7, 11) is -2.54. The van der Waals surface area contributed by atoms with Gasteiger partial charge >= 0.3 is 5.97 Å². The zero-order chi connectivity index (χ0) is 27.0. The van der Waals surface area contributed by atoms with Crippen molar-refractivity contribution in [3.8, 4) is 5.75 Å². The summed E-state index contributed by atoms with van der Waals surface area (Å²) in [5.41, 5.74) is 2.99. The van der Waals surface area contributed by atoms with Gasteiger partial charge in [-0.05, 0) is 59.2 Å². The number of rotatable bonds is 6. The van der Waals surface area contributed by atoms with Crippen molar-refractivity contribution < 1.29 is 23.1 Å². The Morgan fingerprint density at radius 2 is 1.54 bits per heavy atom. The third-order valence-corrected chi connectivity index (χ3v) is 8.94. The second-order valence-corrected chi connectivity index (χ2v) is 12.2. The van der Waals surface area contributed by atoms with Gasteiger partial charge in [0.05, 0.1) is 29.7 Å². The van der Waals surface area contributed by atoms with E-state index < -0.39 is 28.1 Å². The van der Waals surface area contributed by atoms with Crippen LogP contribution < -0.4 is 4.74 Å². The molecule has 4 rings (SSSR count). The molecule has 1 aliphatic heterocycles. The minimum atomic E-state index is -4.11. The number of benzene rings is 3. The van der Waals surface area contributed by atoms with E-state index in [4.69, 9.17) is 4.74 Å². The molecule has 1 N–H and O–H groups in total. The molecule has 1 heterocycles. The molecule has 0 unspecified atom stereocenters. The average Bonchev–Trinajstić information content (AvgIpc) is 2.87. The number of sulfonamides is 1. The number of aliphatic carboxylic acids is 1. The third kappa shape index (κ3) is 5.20. The molecule has 3 aromatic carbocycles. The fourth-order valence-electron chi connectivity index (χ4n) is 4.84. The van der Waals surface area contributed by atoms with Gasteiger partial charge in [0, 0.05) is 0 Å². The maximum Gasteiger partial charge on any atom is 0.333 e. The highest BCUT2D eigenvalue weighted by molar-refractivity contribution is 7.89. The number of carboxylic acids is 1. The molecule has 0 radical (unpaired) electrons. The van der Waals surface area contributed by atoms with E-state index in [1.807, 2.05) is 36.4 Å². The third-order valence-electron chi connectivity index (χ3n) is 6.91. The van der Waals surface area contributed by atoms with E-state index in [9.17, 15) is 18.3 Å². The maximum atomic E-state index is 14.4. The second-order valence-electron chi connectivity index (χ2n) is 10.4. The van der Waals surface area contributed by atoms with Gasteiger partial charge in [-0.2, -0.15) is 4.31 Å². The van der Waals surface area contributed by atoms with E-state index in [1.54, 1.807) is 56.5 Å². The van der Waals surface area contributed by atoms with Crippen LogP contribution in [0.1, 0.15) is 61.5 Å². The SMILES string of the molecule is COc1ccc([C@@H]2CC=C(C(=O)O)[C@H](c3ccc(C(C)(C)C)cc3)N2S(=O)(=O)c2ccccc2C)cc1. The van der Waals surface area contributed by atoms with E-state index in [-0.39, 0.29) is 22.3 Å². The van der Waals surface area contributed by atoms with Gasteiger partial charge in [-0.15, -0.1) is 0 Å². The average molecular weight is 520 g/mol. The van der Waals surface area contributed by atoms with Crippen LogP contribution in [0, 0.1) is 6.92 Å². The first-order chi connectivity index (χ1) is 17.4. The van der Waals surface area contributed by atoms with Crippen molar-refractivity contribution in [3.63, 3.8) is 0 Å². The highest BCUT2D eigenvalue weighted by Gasteiger charge is 2.45. The number of hydrogen-bond donors (Lipinski definition) is 1. The largest absolute Gasteiger partial charge is 0.497 e. The van der Waals surface area contributed by atoms with Gasteiger partial charge in [-0.25, -0.2) is 13.2 Å². The van der Waals surface area contributed by atoms with E-state index in [2.05, 4.69) is 20.8 Å². The fraction of sp³-hybridized carbons (Fsp3) is 0.300. The van der Waals surface area contributed by atoms with Gasteiger partial charge < -0.3 is 9.84 Å². The van der Waals surface area contributed by atoms with Crippen LogP contribution in [0.5, 0.6) is 5.75 Å². The Morgan fingerprint density at radius 3 is 2.08 bits per heavy atom. The molecular weight excluding hydrogens is 486 g/mol. The minimum Gasteiger partial charge on any atom is -0.497 e. The summed E-state index contributed by atoms with van der Waals surface area (Å²) in [6.07, 6.45) is 1.89. The molecule has 6 nitrogen and oxygen atoms in total. The predicted molar refractivity (Wildman–Crippen MR) is 144 cm³/mol. The van der Waals surface area contributed by atoms with Crippen LogP contribution in [0.2, 0.25) is 0 Å². The van der Waals surface area contributed by atoms with Gasteiger partial charge in [-0.3, -0.25) is 0 Å². The maximum absolute atomic E-state index is 14.4. The van der Waals surface area contributed by atoms with Crippen LogP contribution in [-0.4, -0.2) is 30.9 Å². The molecule has 0 saturated heterocycles. The Balaban J connectivity index is 1.96. The molecule has 37 heavy (non-hydrogen) atoms. The van der Waals surface area contributed by atoms with Crippen LogP contribution in [0.25, 0.3) is 0 Å². The van der Waals surface area contributed by atoms with Crippen molar-refractivity contribution in [1.29, 1.82) is 0 Å². The summed E-state index contributed by atoms with van der Waals surface area (Å²) in [6, 6.07) is 20.0.